The third-order valence-corrected chi connectivity index (χ3v) is 3.96. The first-order chi connectivity index (χ1) is 9.75. The van der Waals surface area contributed by atoms with Crippen LogP contribution in [-0.2, 0) is 14.3 Å². The quantitative estimate of drug-likeness (QED) is 0.927. The minimum absolute atomic E-state index is 0.154. The second kappa shape index (κ2) is 5.47. The minimum atomic E-state index is -0.418. The van der Waals surface area contributed by atoms with Crippen LogP contribution in [0.3, 0.4) is 0 Å². The Hall–Kier alpha value is -1.90. The predicted molar refractivity (Wildman–Crippen MR) is 78.4 cm³/mol. The van der Waals surface area contributed by atoms with Gasteiger partial charge < -0.3 is 14.8 Å². The molecule has 5 nitrogen and oxygen atoms in total. The van der Waals surface area contributed by atoms with Crippen molar-refractivity contribution in [2.24, 2.45) is 0 Å². The van der Waals surface area contributed by atoms with Crippen molar-refractivity contribution in [1.82, 2.24) is 0 Å². The maximum atomic E-state index is 11.3. The van der Waals surface area contributed by atoms with Gasteiger partial charge in [-0.25, -0.2) is 0 Å². The molecule has 0 aliphatic carbocycles. The first-order valence-electron chi connectivity index (χ1n) is 6.87. The number of rotatable bonds is 3. The monoisotopic (exact) mass is 288 g/mol. The number of nitriles is 1. The Morgan fingerprint density at radius 3 is 2.19 bits per heavy atom. The van der Waals surface area contributed by atoms with Crippen molar-refractivity contribution >= 4 is 11.6 Å². The van der Waals surface area contributed by atoms with Gasteiger partial charge in [0.15, 0.2) is 6.29 Å². The van der Waals surface area contributed by atoms with Gasteiger partial charge >= 0.3 is 0 Å². The summed E-state index contributed by atoms with van der Waals surface area (Å²) in [4.78, 5) is 11.3. The normalized spacial score (nSPS) is 20.0. The van der Waals surface area contributed by atoms with Crippen molar-refractivity contribution in [3.8, 4) is 6.07 Å². The lowest BCUT2D eigenvalue weighted by Gasteiger charge is -2.30. The molecule has 1 aliphatic heterocycles. The third kappa shape index (κ3) is 3.23. The van der Waals surface area contributed by atoms with Gasteiger partial charge in [-0.1, -0.05) is 12.1 Å². The lowest BCUT2D eigenvalue weighted by atomic mass is 9.90. The molecule has 5 heteroatoms. The average Bonchev–Trinajstić information content (AvgIpc) is 2.59. The summed E-state index contributed by atoms with van der Waals surface area (Å²) in [6, 6.07) is 9.06. The van der Waals surface area contributed by atoms with E-state index in [0.717, 1.165) is 5.56 Å². The van der Waals surface area contributed by atoms with E-state index < -0.39 is 6.29 Å². The van der Waals surface area contributed by atoms with Gasteiger partial charge in [-0.15, -0.1) is 0 Å². The van der Waals surface area contributed by atoms with Crippen molar-refractivity contribution in [2.45, 2.75) is 51.6 Å². The molecule has 21 heavy (non-hydrogen) atoms. The van der Waals surface area contributed by atoms with Gasteiger partial charge in [-0.3, -0.25) is 4.79 Å². The summed E-state index contributed by atoms with van der Waals surface area (Å²) in [7, 11) is 0. The first-order valence-corrected chi connectivity index (χ1v) is 6.87. The summed E-state index contributed by atoms with van der Waals surface area (Å²) in [6.07, 6.45) is -0.572. The summed E-state index contributed by atoms with van der Waals surface area (Å²) in [6.45, 7) is 8.01. The summed E-state index contributed by atoms with van der Waals surface area (Å²) in [5.41, 5.74) is 0.789. The Morgan fingerprint density at radius 1 is 1.19 bits per heavy atom. The molecule has 1 amide bonds. The molecule has 1 aromatic rings. The number of anilines is 1. The number of ether oxygens (including phenoxy) is 2. The highest BCUT2D eigenvalue weighted by Gasteiger charge is 2.49. The zero-order valence-corrected chi connectivity index (χ0v) is 12.8. The molecule has 0 bridgehead atoms. The number of hydrogen-bond acceptors (Lipinski definition) is 4. The smallest absolute Gasteiger partial charge is 0.238 e. The fourth-order valence-corrected chi connectivity index (χ4v) is 1.98. The van der Waals surface area contributed by atoms with Crippen LogP contribution in [-0.4, -0.2) is 17.1 Å². The topological polar surface area (TPSA) is 71.3 Å². The fourth-order valence-electron chi connectivity index (χ4n) is 1.98. The molecule has 1 aromatic carbocycles. The number of benzene rings is 1. The van der Waals surface area contributed by atoms with Crippen molar-refractivity contribution in [1.29, 1.82) is 5.26 Å². The van der Waals surface area contributed by atoms with Crippen LogP contribution in [0.15, 0.2) is 24.3 Å². The molecule has 0 unspecified atom stereocenters. The molecule has 0 spiro atoms. The molecule has 1 aliphatic rings. The zero-order chi connectivity index (χ0) is 15.7. The second-order valence-corrected chi connectivity index (χ2v) is 6.09. The maximum absolute atomic E-state index is 11.3. The van der Waals surface area contributed by atoms with Gasteiger partial charge in [0.2, 0.25) is 5.91 Å². The summed E-state index contributed by atoms with van der Waals surface area (Å²) >= 11 is 0. The molecule has 1 heterocycles. The SMILES string of the molecule is CC1(C)OC(c2ccc(NC(=O)CC#N)cc2)OC1(C)C. The lowest BCUT2D eigenvalue weighted by molar-refractivity contribution is -0.115. The van der Waals surface area contributed by atoms with Gasteiger partial charge in [0.25, 0.3) is 0 Å². The zero-order valence-electron chi connectivity index (χ0n) is 12.8. The van der Waals surface area contributed by atoms with Crippen LogP contribution < -0.4 is 5.32 Å². The molecule has 1 fully saturated rings. The van der Waals surface area contributed by atoms with Crippen molar-refractivity contribution in [3.63, 3.8) is 0 Å². The number of carbonyl (C=O) groups is 1. The van der Waals surface area contributed by atoms with E-state index in [1.807, 2.05) is 45.9 Å². The van der Waals surface area contributed by atoms with E-state index in [1.165, 1.54) is 0 Å². The van der Waals surface area contributed by atoms with E-state index in [0.29, 0.717) is 5.69 Å². The van der Waals surface area contributed by atoms with Gasteiger partial charge in [-0.2, -0.15) is 5.26 Å². The van der Waals surface area contributed by atoms with Crippen LogP contribution in [0.25, 0.3) is 0 Å². The van der Waals surface area contributed by atoms with E-state index in [2.05, 4.69) is 5.32 Å². The standard InChI is InChI=1S/C16H20N2O3/c1-15(2)16(3,4)21-14(20-15)11-5-7-12(8-6-11)18-13(19)9-10-17/h5-8,14H,9H2,1-4H3,(H,18,19). The highest BCUT2D eigenvalue weighted by Crippen LogP contribution is 2.44. The predicted octanol–water partition coefficient (Wildman–Crippen LogP) is 3.14. The van der Waals surface area contributed by atoms with E-state index in [-0.39, 0.29) is 23.5 Å². The Bertz CT molecular complexity index is 554. The number of amides is 1. The summed E-state index contributed by atoms with van der Waals surface area (Å²) < 4.78 is 11.9. The molecule has 1 saturated heterocycles. The van der Waals surface area contributed by atoms with Gasteiger partial charge in [0.1, 0.15) is 6.42 Å². The molecular formula is C16H20N2O3. The average molecular weight is 288 g/mol. The fraction of sp³-hybridized carbons (Fsp3) is 0.500. The Balaban J connectivity index is 2.07. The Morgan fingerprint density at radius 2 is 1.71 bits per heavy atom. The highest BCUT2D eigenvalue weighted by atomic mass is 16.7. The second-order valence-electron chi connectivity index (χ2n) is 6.09. The molecule has 0 aromatic heterocycles. The number of hydrogen-bond donors (Lipinski definition) is 1. The Kier molecular flexibility index (Phi) is 4.04. The molecule has 1 N–H and O–H groups in total. The van der Waals surface area contributed by atoms with Gasteiger partial charge in [0.05, 0.1) is 17.3 Å². The van der Waals surface area contributed by atoms with E-state index >= 15 is 0 Å². The number of nitrogens with zero attached hydrogens (tertiary/aromatic N) is 1. The van der Waals surface area contributed by atoms with Crippen LogP contribution in [0.5, 0.6) is 0 Å². The van der Waals surface area contributed by atoms with Crippen LogP contribution in [0.2, 0.25) is 0 Å². The van der Waals surface area contributed by atoms with Crippen molar-refractivity contribution in [3.05, 3.63) is 29.8 Å². The number of carbonyl (C=O) groups excluding carboxylic acids is 1. The van der Waals surface area contributed by atoms with Gasteiger partial charge in [-0.05, 0) is 39.8 Å². The molecule has 0 saturated carbocycles. The van der Waals surface area contributed by atoms with Crippen molar-refractivity contribution in [2.75, 3.05) is 5.32 Å². The Labute approximate surface area is 124 Å². The van der Waals surface area contributed by atoms with Crippen LogP contribution >= 0.6 is 0 Å². The van der Waals surface area contributed by atoms with Crippen LogP contribution in [0, 0.1) is 11.3 Å². The molecule has 2 rings (SSSR count). The molecule has 0 radical (unpaired) electrons. The van der Waals surface area contributed by atoms with Crippen LogP contribution in [0.1, 0.15) is 46.0 Å². The largest absolute Gasteiger partial charge is 0.339 e. The minimum Gasteiger partial charge on any atom is -0.339 e. The van der Waals surface area contributed by atoms with E-state index in [4.69, 9.17) is 14.7 Å². The first kappa shape index (κ1) is 15.5. The maximum Gasteiger partial charge on any atom is 0.238 e. The van der Waals surface area contributed by atoms with Crippen molar-refractivity contribution < 1.29 is 14.3 Å². The molecule has 112 valence electrons. The van der Waals surface area contributed by atoms with Crippen LogP contribution in [0.4, 0.5) is 5.69 Å². The number of nitrogens with one attached hydrogen (secondary N) is 1. The summed E-state index contributed by atoms with van der Waals surface area (Å²) in [5.74, 6) is -0.319. The third-order valence-electron chi connectivity index (χ3n) is 3.96. The van der Waals surface area contributed by atoms with Gasteiger partial charge in [0, 0.05) is 11.3 Å². The lowest BCUT2D eigenvalue weighted by Crippen LogP contribution is -2.41. The van der Waals surface area contributed by atoms with E-state index in [1.54, 1.807) is 12.1 Å². The molecular weight excluding hydrogens is 268 g/mol. The highest BCUT2D eigenvalue weighted by molar-refractivity contribution is 5.91. The summed E-state index contributed by atoms with van der Waals surface area (Å²) in [5, 5.41) is 11.1. The van der Waals surface area contributed by atoms with E-state index in [9.17, 15) is 4.79 Å². The molecule has 0 atom stereocenters.